The van der Waals surface area contributed by atoms with Crippen LogP contribution in [0.3, 0.4) is 0 Å². The summed E-state index contributed by atoms with van der Waals surface area (Å²) in [6, 6.07) is 5.45. The van der Waals surface area contributed by atoms with Crippen molar-refractivity contribution in [3.63, 3.8) is 0 Å². The fourth-order valence-electron chi connectivity index (χ4n) is 1.57. The van der Waals surface area contributed by atoms with Crippen molar-refractivity contribution in [3.05, 3.63) is 23.8 Å². The van der Waals surface area contributed by atoms with Crippen LogP contribution in [0.25, 0.3) is 0 Å². The van der Waals surface area contributed by atoms with Gasteiger partial charge in [0.25, 0.3) is 0 Å². The van der Waals surface area contributed by atoms with E-state index in [-0.39, 0.29) is 5.60 Å². The Hall–Kier alpha value is -1.26. The first kappa shape index (κ1) is 15.8. The Morgan fingerprint density at radius 2 is 1.89 bits per heavy atom. The molecule has 1 aromatic rings. The van der Waals surface area contributed by atoms with Crippen molar-refractivity contribution in [2.45, 2.75) is 38.9 Å². The number of hydrogen-bond acceptors (Lipinski definition) is 4. The summed E-state index contributed by atoms with van der Waals surface area (Å²) in [4.78, 5) is 0. The number of aliphatic hydroxyl groups excluding tert-OH is 1. The first-order valence-corrected chi connectivity index (χ1v) is 6.43. The topological polar surface area (TPSA) is 47.9 Å². The first-order valence-electron chi connectivity index (χ1n) is 6.43. The molecule has 0 bridgehead atoms. The van der Waals surface area contributed by atoms with Gasteiger partial charge in [-0.1, -0.05) is 6.07 Å². The van der Waals surface area contributed by atoms with Crippen LogP contribution >= 0.6 is 0 Å². The lowest BCUT2D eigenvalue weighted by Crippen LogP contribution is -2.25. The maximum Gasteiger partial charge on any atom is 0.161 e. The zero-order chi connectivity index (χ0) is 14.5. The first-order chi connectivity index (χ1) is 8.89. The van der Waals surface area contributed by atoms with Crippen LogP contribution in [0.15, 0.2) is 18.2 Å². The minimum atomic E-state index is -0.518. The van der Waals surface area contributed by atoms with Gasteiger partial charge in [0.05, 0.1) is 25.4 Å². The minimum absolute atomic E-state index is 0.202. The predicted molar refractivity (Wildman–Crippen MR) is 74.8 cm³/mol. The quantitative estimate of drug-likeness (QED) is 0.826. The predicted octanol–water partition coefficient (Wildman–Crippen LogP) is 2.94. The van der Waals surface area contributed by atoms with Crippen molar-refractivity contribution in [3.8, 4) is 11.5 Å². The Kier molecular flexibility index (Phi) is 5.63. The summed E-state index contributed by atoms with van der Waals surface area (Å²) in [7, 11) is 3.28. The Morgan fingerprint density at radius 1 is 1.21 bits per heavy atom. The molecule has 4 heteroatoms. The van der Waals surface area contributed by atoms with E-state index in [0.29, 0.717) is 18.1 Å². The fraction of sp³-hybridized carbons (Fsp3) is 0.600. The molecule has 0 fully saturated rings. The third-order valence-corrected chi connectivity index (χ3v) is 3.18. The van der Waals surface area contributed by atoms with E-state index in [1.54, 1.807) is 27.2 Å². The molecule has 0 amide bonds. The molecule has 0 saturated carbocycles. The Morgan fingerprint density at radius 3 is 2.42 bits per heavy atom. The van der Waals surface area contributed by atoms with E-state index >= 15 is 0 Å². The zero-order valence-electron chi connectivity index (χ0n) is 12.4. The van der Waals surface area contributed by atoms with Crippen LogP contribution in [-0.2, 0) is 4.74 Å². The second kappa shape index (κ2) is 6.78. The van der Waals surface area contributed by atoms with Gasteiger partial charge in [-0.25, -0.2) is 0 Å². The molecular formula is C15H24O4. The van der Waals surface area contributed by atoms with Crippen LogP contribution < -0.4 is 9.47 Å². The fourth-order valence-corrected chi connectivity index (χ4v) is 1.57. The Balaban J connectivity index is 2.68. The summed E-state index contributed by atoms with van der Waals surface area (Å²) in [6.07, 6.45) is 0.264. The van der Waals surface area contributed by atoms with Crippen LogP contribution in [0, 0.1) is 0 Å². The molecule has 1 aromatic carbocycles. The van der Waals surface area contributed by atoms with Gasteiger partial charge in [0.1, 0.15) is 0 Å². The summed E-state index contributed by atoms with van der Waals surface area (Å²) < 4.78 is 16.3. The maximum absolute atomic E-state index is 9.54. The van der Waals surface area contributed by atoms with E-state index in [1.165, 1.54) is 0 Å². The van der Waals surface area contributed by atoms with Crippen molar-refractivity contribution in [2.75, 3.05) is 20.8 Å². The third kappa shape index (κ3) is 4.73. The molecule has 0 spiro atoms. The molecule has 0 aliphatic carbocycles. The standard InChI is InChI=1S/C15H24O4/c1-11(16)12-6-7-13(14(10-12)17-4)19-9-8-15(2,3)18-5/h6-7,10-11,16H,8-9H2,1-5H3/t11-/m0/s1. The molecule has 0 aliphatic rings. The number of benzene rings is 1. The molecule has 0 aliphatic heterocycles. The number of ether oxygens (including phenoxy) is 3. The highest BCUT2D eigenvalue weighted by molar-refractivity contribution is 5.43. The molecule has 0 aromatic heterocycles. The number of methoxy groups -OCH3 is 2. The van der Waals surface area contributed by atoms with Crippen LogP contribution in [0.1, 0.15) is 38.9 Å². The largest absolute Gasteiger partial charge is 0.493 e. The molecule has 1 atom stereocenters. The third-order valence-electron chi connectivity index (χ3n) is 3.18. The van der Waals surface area contributed by atoms with Gasteiger partial charge in [-0.05, 0) is 38.5 Å². The van der Waals surface area contributed by atoms with Gasteiger partial charge in [0, 0.05) is 13.5 Å². The summed E-state index contributed by atoms with van der Waals surface area (Å²) >= 11 is 0. The summed E-state index contributed by atoms with van der Waals surface area (Å²) in [5.74, 6) is 1.31. The molecule has 0 unspecified atom stereocenters. The van der Waals surface area contributed by atoms with E-state index in [2.05, 4.69) is 0 Å². The lowest BCUT2D eigenvalue weighted by Gasteiger charge is -2.23. The minimum Gasteiger partial charge on any atom is -0.493 e. The SMILES string of the molecule is COc1cc([C@H](C)O)ccc1OCCC(C)(C)OC. The van der Waals surface area contributed by atoms with Gasteiger partial charge >= 0.3 is 0 Å². The van der Waals surface area contributed by atoms with Crippen molar-refractivity contribution in [1.82, 2.24) is 0 Å². The van der Waals surface area contributed by atoms with E-state index in [0.717, 1.165) is 12.0 Å². The van der Waals surface area contributed by atoms with Crippen molar-refractivity contribution < 1.29 is 19.3 Å². The molecule has 108 valence electrons. The van der Waals surface area contributed by atoms with Crippen LogP contribution in [0.2, 0.25) is 0 Å². The smallest absolute Gasteiger partial charge is 0.161 e. The summed E-state index contributed by atoms with van der Waals surface area (Å²) in [5, 5.41) is 9.54. The lowest BCUT2D eigenvalue weighted by molar-refractivity contribution is 0.00525. The lowest BCUT2D eigenvalue weighted by atomic mass is 10.1. The Labute approximate surface area is 115 Å². The van der Waals surface area contributed by atoms with Crippen molar-refractivity contribution in [1.29, 1.82) is 0 Å². The maximum atomic E-state index is 9.54. The average Bonchev–Trinajstić information content (AvgIpc) is 2.38. The molecule has 19 heavy (non-hydrogen) atoms. The molecule has 4 nitrogen and oxygen atoms in total. The van der Waals surface area contributed by atoms with Crippen molar-refractivity contribution in [2.24, 2.45) is 0 Å². The second-order valence-electron chi connectivity index (χ2n) is 5.15. The highest BCUT2D eigenvalue weighted by atomic mass is 16.5. The van der Waals surface area contributed by atoms with E-state index < -0.39 is 6.10 Å². The Bertz CT molecular complexity index is 399. The molecule has 1 N–H and O–H groups in total. The molecule has 0 saturated heterocycles. The number of aliphatic hydroxyl groups is 1. The van der Waals surface area contributed by atoms with Gasteiger partial charge in [-0.3, -0.25) is 0 Å². The molecule has 1 rings (SSSR count). The van der Waals surface area contributed by atoms with E-state index in [1.807, 2.05) is 26.0 Å². The zero-order valence-corrected chi connectivity index (χ0v) is 12.4. The summed E-state index contributed by atoms with van der Waals surface area (Å²) in [6.45, 7) is 6.30. The van der Waals surface area contributed by atoms with Gasteiger partial charge in [-0.15, -0.1) is 0 Å². The average molecular weight is 268 g/mol. The van der Waals surface area contributed by atoms with Gasteiger partial charge < -0.3 is 19.3 Å². The van der Waals surface area contributed by atoms with E-state index in [4.69, 9.17) is 14.2 Å². The van der Waals surface area contributed by atoms with Gasteiger partial charge in [0.15, 0.2) is 11.5 Å². The summed E-state index contributed by atoms with van der Waals surface area (Å²) in [5.41, 5.74) is 0.605. The van der Waals surface area contributed by atoms with Crippen molar-refractivity contribution >= 4 is 0 Å². The van der Waals surface area contributed by atoms with E-state index in [9.17, 15) is 5.11 Å². The van der Waals surface area contributed by atoms with Crippen LogP contribution in [0.5, 0.6) is 11.5 Å². The molecule has 0 radical (unpaired) electrons. The van der Waals surface area contributed by atoms with Crippen LogP contribution in [-0.4, -0.2) is 31.5 Å². The number of rotatable bonds is 7. The molecular weight excluding hydrogens is 244 g/mol. The highest BCUT2D eigenvalue weighted by Crippen LogP contribution is 2.30. The van der Waals surface area contributed by atoms with Gasteiger partial charge in [-0.2, -0.15) is 0 Å². The number of hydrogen-bond donors (Lipinski definition) is 1. The molecule has 0 heterocycles. The highest BCUT2D eigenvalue weighted by Gasteiger charge is 2.17. The second-order valence-corrected chi connectivity index (χ2v) is 5.15. The van der Waals surface area contributed by atoms with Gasteiger partial charge in [0.2, 0.25) is 0 Å². The normalized spacial score (nSPS) is 13.2. The van der Waals surface area contributed by atoms with Crippen LogP contribution in [0.4, 0.5) is 0 Å². The monoisotopic (exact) mass is 268 g/mol.